The lowest BCUT2D eigenvalue weighted by Crippen LogP contribution is -2.52. The van der Waals surface area contributed by atoms with E-state index in [9.17, 15) is 14.7 Å². The molecule has 6 heteroatoms. The number of amides is 2. The van der Waals surface area contributed by atoms with Crippen LogP contribution in [0.5, 0.6) is 11.5 Å². The van der Waals surface area contributed by atoms with Crippen molar-refractivity contribution < 1.29 is 19.4 Å². The third-order valence-corrected chi connectivity index (χ3v) is 4.26. The Hall–Kier alpha value is -3.02. The minimum atomic E-state index is -0.337. The lowest BCUT2D eigenvalue weighted by atomic mass is 10.1. The van der Waals surface area contributed by atoms with Crippen molar-refractivity contribution in [3.05, 3.63) is 53.6 Å². The average molecular weight is 340 g/mol. The van der Waals surface area contributed by atoms with Crippen molar-refractivity contribution in [1.29, 1.82) is 0 Å². The van der Waals surface area contributed by atoms with E-state index in [1.807, 2.05) is 25.1 Å². The Morgan fingerprint density at radius 1 is 1.16 bits per heavy atom. The first kappa shape index (κ1) is 16.8. The molecule has 6 nitrogen and oxygen atoms in total. The van der Waals surface area contributed by atoms with Gasteiger partial charge in [-0.25, -0.2) is 0 Å². The molecule has 1 heterocycles. The van der Waals surface area contributed by atoms with Gasteiger partial charge in [0.2, 0.25) is 5.91 Å². The van der Waals surface area contributed by atoms with Crippen LogP contribution in [-0.2, 0) is 4.79 Å². The number of hydrogen-bond donors (Lipinski definition) is 1. The van der Waals surface area contributed by atoms with E-state index >= 15 is 0 Å². The predicted molar refractivity (Wildman–Crippen MR) is 94.1 cm³/mol. The molecule has 0 atom stereocenters. The van der Waals surface area contributed by atoms with Crippen molar-refractivity contribution in [2.75, 3.05) is 31.6 Å². The molecule has 2 aromatic rings. The van der Waals surface area contributed by atoms with E-state index in [1.54, 1.807) is 36.3 Å². The molecule has 130 valence electrons. The number of carbonyl (C=O) groups is 2. The highest BCUT2D eigenvalue weighted by molar-refractivity contribution is 6.02. The lowest BCUT2D eigenvalue weighted by Gasteiger charge is -2.34. The highest BCUT2D eigenvalue weighted by Gasteiger charge is 2.29. The number of phenols is 1. The van der Waals surface area contributed by atoms with Crippen LogP contribution in [0, 0.1) is 6.92 Å². The summed E-state index contributed by atoms with van der Waals surface area (Å²) in [6.45, 7) is 2.60. The minimum absolute atomic E-state index is 0.0244. The van der Waals surface area contributed by atoms with Gasteiger partial charge in [0.25, 0.3) is 5.91 Å². The van der Waals surface area contributed by atoms with Gasteiger partial charge in [0, 0.05) is 24.8 Å². The van der Waals surface area contributed by atoms with E-state index < -0.39 is 0 Å². The maximum Gasteiger partial charge on any atom is 0.258 e. The van der Waals surface area contributed by atoms with Gasteiger partial charge >= 0.3 is 0 Å². The predicted octanol–water partition coefficient (Wildman–Crippen LogP) is 2.20. The van der Waals surface area contributed by atoms with Crippen LogP contribution >= 0.6 is 0 Å². The highest BCUT2D eigenvalue weighted by atomic mass is 16.5. The Morgan fingerprint density at radius 3 is 2.64 bits per heavy atom. The fourth-order valence-electron chi connectivity index (χ4n) is 2.89. The van der Waals surface area contributed by atoms with Gasteiger partial charge in [-0.2, -0.15) is 0 Å². The average Bonchev–Trinajstić information content (AvgIpc) is 2.61. The molecule has 1 fully saturated rings. The molecular formula is C19H20N2O4. The Morgan fingerprint density at radius 2 is 1.96 bits per heavy atom. The third kappa shape index (κ3) is 3.42. The van der Waals surface area contributed by atoms with Crippen LogP contribution in [-0.4, -0.2) is 48.6 Å². The number of rotatable bonds is 3. The number of methoxy groups -OCH3 is 1. The molecule has 0 radical (unpaired) electrons. The molecule has 1 aliphatic rings. The topological polar surface area (TPSA) is 70.1 Å². The first-order chi connectivity index (χ1) is 12.0. The number of carbonyl (C=O) groups excluding carboxylic acids is 2. The Labute approximate surface area is 146 Å². The smallest absolute Gasteiger partial charge is 0.258 e. The first-order valence-electron chi connectivity index (χ1n) is 8.03. The number of piperazine rings is 1. The summed E-state index contributed by atoms with van der Waals surface area (Å²) < 4.78 is 5.19. The van der Waals surface area contributed by atoms with Crippen molar-refractivity contribution >= 4 is 17.5 Å². The van der Waals surface area contributed by atoms with Crippen molar-refractivity contribution in [3.8, 4) is 11.5 Å². The summed E-state index contributed by atoms with van der Waals surface area (Å²) in [7, 11) is 1.57. The Bertz CT molecular complexity index is 819. The zero-order valence-electron chi connectivity index (χ0n) is 14.2. The summed E-state index contributed by atoms with van der Waals surface area (Å²) in [6.07, 6.45) is 0. The maximum absolute atomic E-state index is 12.6. The van der Waals surface area contributed by atoms with Crippen molar-refractivity contribution in [3.63, 3.8) is 0 Å². The van der Waals surface area contributed by atoms with Gasteiger partial charge in [0.15, 0.2) is 0 Å². The first-order valence-corrected chi connectivity index (χ1v) is 8.03. The molecule has 0 bridgehead atoms. The highest BCUT2D eigenvalue weighted by Crippen LogP contribution is 2.25. The molecule has 0 aromatic heterocycles. The number of aromatic hydroxyl groups is 1. The summed E-state index contributed by atoms with van der Waals surface area (Å²) in [5.74, 6) is 0.108. The number of benzene rings is 2. The molecular weight excluding hydrogens is 320 g/mol. The van der Waals surface area contributed by atoms with E-state index in [1.165, 1.54) is 4.90 Å². The monoisotopic (exact) mass is 340 g/mol. The van der Waals surface area contributed by atoms with Gasteiger partial charge < -0.3 is 19.6 Å². The van der Waals surface area contributed by atoms with E-state index in [0.717, 1.165) is 11.3 Å². The van der Waals surface area contributed by atoms with E-state index in [4.69, 9.17) is 4.74 Å². The summed E-state index contributed by atoms with van der Waals surface area (Å²) in [4.78, 5) is 28.2. The summed E-state index contributed by atoms with van der Waals surface area (Å²) >= 11 is 0. The standard InChI is InChI=1S/C19H20N2O4/c1-13-6-7-16(17(22)10-13)19(24)20-8-9-21(18(23)12-20)14-4-3-5-15(11-14)25-2/h3-7,10-11,22H,8-9,12H2,1-2H3. The zero-order valence-corrected chi connectivity index (χ0v) is 14.2. The second-order valence-corrected chi connectivity index (χ2v) is 5.99. The quantitative estimate of drug-likeness (QED) is 0.930. The molecule has 25 heavy (non-hydrogen) atoms. The molecule has 1 saturated heterocycles. The fraction of sp³-hybridized carbons (Fsp3) is 0.263. The minimum Gasteiger partial charge on any atom is -0.507 e. The van der Waals surface area contributed by atoms with Crippen LogP contribution in [0.1, 0.15) is 15.9 Å². The van der Waals surface area contributed by atoms with Crippen LogP contribution in [0.25, 0.3) is 0 Å². The number of hydrogen-bond acceptors (Lipinski definition) is 4. The van der Waals surface area contributed by atoms with Gasteiger partial charge in [0.05, 0.1) is 12.7 Å². The molecule has 0 unspecified atom stereocenters. The number of anilines is 1. The number of aryl methyl sites for hydroxylation is 1. The van der Waals surface area contributed by atoms with Crippen LogP contribution in [0.3, 0.4) is 0 Å². The van der Waals surface area contributed by atoms with Crippen molar-refractivity contribution in [2.24, 2.45) is 0 Å². The maximum atomic E-state index is 12.6. The van der Waals surface area contributed by atoms with Gasteiger partial charge in [-0.15, -0.1) is 0 Å². The normalized spacial score (nSPS) is 14.6. The SMILES string of the molecule is COc1cccc(N2CCN(C(=O)c3ccc(C)cc3O)CC2=O)c1. The lowest BCUT2D eigenvalue weighted by molar-refractivity contribution is -0.120. The number of nitrogens with zero attached hydrogens (tertiary/aromatic N) is 2. The molecule has 3 rings (SSSR count). The Kier molecular flexibility index (Phi) is 4.61. The molecule has 0 spiro atoms. The second-order valence-electron chi connectivity index (χ2n) is 5.99. The third-order valence-electron chi connectivity index (χ3n) is 4.26. The van der Waals surface area contributed by atoms with Crippen LogP contribution in [0.2, 0.25) is 0 Å². The summed E-state index contributed by atoms with van der Waals surface area (Å²) in [5, 5.41) is 9.99. The molecule has 0 aliphatic carbocycles. The fourth-order valence-corrected chi connectivity index (χ4v) is 2.89. The van der Waals surface area contributed by atoms with Crippen molar-refractivity contribution in [1.82, 2.24) is 4.90 Å². The molecule has 1 N–H and O–H groups in total. The van der Waals surface area contributed by atoms with E-state index in [-0.39, 0.29) is 29.7 Å². The van der Waals surface area contributed by atoms with Gasteiger partial charge in [-0.3, -0.25) is 9.59 Å². The van der Waals surface area contributed by atoms with E-state index in [2.05, 4.69) is 0 Å². The van der Waals surface area contributed by atoms with Gasteiger partial charge in [-0.05, 0) is 36.8 Å². The zero-order chi connectivity index (χ0) is 18.0. The van der Waals surface area contributed by atoms with Crippen molar-refractivity contribution in [2.45, 2.75) is 6.92 Å². The Balaban J connectivity index is 1.75. The molecule has 2 amide bonds. The second kappa shape index (κ2) is 6.84. The summed E-state index contributed by atoms with van der Waals surface area (Å²) in [5.41, 5.74) is 1.83. The number of phenolic OH excluding ortho intramolecular Hbond substituents is 1. The molecule has 1 aliphatic heterocycles. The van der Waals surface area contributed by atoms with Crippen LogP contribution in [0.4, 0.5) is 5.69 Å². The molecule has 2 aromatic carbocycles. The van der Waals surface area contributed by atoms with Gasteiger partial charge in [0.1, 0.15) is 18.0 Å². The van der Waals surface area contributed by atoms with Gasteiger partial charge in [-0.1, -0.05) is 12.1 Å². The van der Waals surface area contributed by atoms with E-state index in [0.29, 0.717) is 18.8 Å². The van der Waals surface area contributed by atoms with Crippen LogP contribution < -0.4 is 9.64 Å². The summed E-state index contributed by atoms with van der Waals surface area (Å²) in [6, 6.07) is 12.2. The molecule has 0 saturated carbocycles. The number of ether oxygens (including phenoxy) is 1. The largest absolute Gasteiger partial charge is 0.507 e. The van der Waals surface area contributed by atoms with Crippen LogP contribution in [0.15, 0.2) is 42.5 Å².